The molecule has 0 aliphatic carbocycles. The first kappa shape index (κ1) is 22.3. The molecule has 170 valence electrons. The number of hydrogen-bond donors (Lipinski definition) is 2. The van der Waals surface area contributed by atoms with Gasteiger partial charge in [-0.1, -0.05) is 0 Å². The van der Waals surface area contributed by atoms with E-state index in [1.54, 1.807) is 23.3 Å². The van der Waals surface area contributed by atoms with Crippen LogP contribution in [0.3, 0.4) is 0 Å². The van der Waals surface area contributed by atoms with Crippen molar-refractivity contribution in [1.82, 2.24) is 14.8 Å². The van der Waals surface area contributed by atoms with Gasteiger partial charge in [-0.3, -0.25) is 4.90 Å². The van der Waals surface area contributed by atoms with Crippen LogP contribution in [0.1, 0.15) is 5.01 Å². The lowest BCUT2D eigenvalue weighted by Crippen LogP contribution is -2.51. The van der Waals surface area contributed by atoms with Crippen LogP contribution in [0.25, 0.3) is 10.2 Å². The number of nitrogens with one attached hydrogen (secondary N) is 1. The summed E-state index contributed by atoms with van der Waals surface area (Å²) in [5, 5.41) is 14.3. The molecule has 2 N–H and O–H groups in total. The number of carbonyl (C=O) groups excluding carboxylic acids is 1. The first-order chi connectivity index (χ1) is 15.5. The zero-order chi connectivity index (χ0) is 22.5. The summed E-state index contributed by atoms with van der Waals surface area (Å²) in [6, 6.07) is 13.0. The number of anilines is 1. The minimum atomic E-state index is -0.609. The minimum absolute atomic E-state index is 0.119. The maximum atomic E-state index is 12.5. The fraction of sp³-hybridized carbons (Fsp3) is 0.391. The molecular weight excluding hydrogens is 428 g/mol. The van der Waals surface area contributed by atoms with E-state index in [0.29, 0.717) is 38.5 Å². The SMILES string of the molecule is COc1ccc(NC(=O)N2CCN(C[C@@H](O)COc3ccc4sc(C)nc4c3)CC2)cc1. The summed E-state index contributed by atoms with van der Waals surface area (Å²) in [7, 11) is 1.61. The van der Waals surface area contributed by atoms with Crippen molar-refractivity contribution in [3.8, 4) is 11.5 Å². The second kappa shape index (κ2) is 10.2. The Hall–Kier alpha value is -2.88. The van der Waals surface area contributed by atoms with Gasteiger partial charge in [0.1, 0.15) is 24.2 Å². The summed E-state index contributed by atoms with van der Waals surface area (Å²) < 4.78 is 12.0. The molecule has 0 radical (unpaired) electrons. The molecule has 2 aromatic carbocycles. The number of rotatable bonds is 7. The molecule has 2 amide bonds. The van der Waals surface area contributed by atoms with E-state index in [0.717, 1.165) is 26.7 Å². The Bertz CT molecular complexity index is 1050. The number of aliphatic hydroxyl groups is 1. The highest BCUT2D eigenvalue weighted by atomic mass is 32.1. The number of amides is 2. The number of aryl methyl sites for hydroxylation is 1. The number of aliphatic hydroxyl groups excluding tert-OH is 1. The number of carbonyl (C=O) groups is 1. The summed E-state index contributed by atoms with van der Waals surface area (Å²) in [4.78, 5) is 20.9. The van der Waals surface area contributed by atoms with E-state index in [-0.39, 0.29) is 12.6 Å². The molecule has 1 aliphatic rings. The van der Waals surface area contributed by atoms with E-state index in [1.807, 2.05) is 49.4 Å². The fourth-order valence-corrected chi connectivity index (χ4v) is 4.47. The molecule has 2 heterocycles. The van der Waals surface area contributed by atoms with Crippen molar-refractivity contribution < 1.29 is 19.4 Å². The fourth-order valence-electron chi connectivity index (χ4n) is 3.67. The molecule has 1 atom stereocenters. The predicted octanol–water partition coefficient (Wildman–Crippen LogP) is 3.20. The lowest BCUT2D eigenvalue weighted by molar-refractivity contribution is 0.0526. The molecule has 1 aliphatic heterocycles. The third kappa shape index (κ3) is 5.67. The smallest absolute Gasteiger partial charge is 0.321 e. The van der Waals surface area contributed by atoms with Crippen molar-refractivity contribution in [2.75, 3.05) is 51.8 Å². The van der Waals surface area contributed by atoms with E-state index in [4.69, 9.17) is 9.47 Å². The van der Waals surface area contributed by atoms with Gasteiger partial charge in [0.05, 0.1) is 22.3 Å². The standard InChI is InChI=1S/C23H28N4O4S/c1-16-24-21-13-20(7-8-22(21)32-16)31-15-18(28)14-26-9-11-27(12-10-26)23(29)25-17-3-5-19(30-2)6-4-17/h3-8,13,18,28H,9-12,14-15H2,1-2H3,(H,25,29)/t18-/m1/s1. The zero-order valence-electron chi connectivity index (χ0n) is 18.3. The molecule has 9 heteroatoms. The number of nitrogens with zero attached hydrogens (tertiary/aromatic N) is 3. The van der Waals surface area contributed by atoms with Gasteiger partial charge in [-0.2, -0.15) is 0 Å². The zero-order valence-corrected chi connectivity index (χ0v) is 19.1. The summed E-state index contributed by atoms with van der Waals surface area (Å²) in [6.45, 7) is 5.33. The Labute approximate surface area is 191 Å². The molecule has 3 aromatic rings. The number of methoxy groups -OCH3 is 1. The van der Waals surface area contributed by atoms with Crippen LogP contribution < -0.4 is 14.8 Å². The van der Waals surface area contributed by atoms with Crippen molar-refractivity contribution in [1.29, 1.82) is 0 Å². The van der Waals surface area contributed by atoms with Crippen molar-refractivity contribution in [3.63, 3.8) is 0 Å². The normalized spacial score (nSPS) is 15.5. The van der Waals surface area contributed by atoms with E-state index in [9.17, 15) is 9.90 Å². The Kier molecular flexibility index (Phi) is 7.09. The first-order valence-electron chi connectivity index (χ1n) is 10.6. The minimum Gasteiger partial charge on any atom is -0.497 e. The van der Waals surface area contributed by atoms with Crippen molar-refractivity contribution in [2.45, 2.75) is 13.0 Å². The van der Waals surface area contributed by atoms with Crippen LogP contribution in [0.5, 0.6) is 11.5 Å². The second-order valence-corrected chi connectivity index (χ2v) is 9.01. The summed E-state index contributed by atoms with van der Waals surface area (Å²) >= 11 is 1.65. The van der Waals surface area contributed by atoms with Gasteiger partial charge in [0.25, 0.3) is 0 Å². The number of benzene rings is 2. The third-order valence-corrected chi connectivity index (χ3v) is 6.33. The second-order valence-electron chi connectivity index (χ2n) is 7.77. The monoisotopic (exact) mass is 456 g/mol. The highest BCUT2D eigenvalue weighted by Gasteiger charge is 2.23. The molecule has 1 saturated heterocycles. The van der Waals surface area contributed by atoms with Crippen LogP contribution in [0.2, 0.25) is 0 Å². The molecule has 32 heavy (non-hydrogen) atoms. The summed E-state index contributed by atoms with van der Waals surface area (Å²) in [5.41, 5.74) is 1.65. The number of thiazole rings is 1. The van der Waals surface area contributed by atoms with E-state index in [1.165, 1.54) is 0 Å². The Morgan fingerprint density at radius 3 is 2.59 bits per heavy atom. The van der Waals surface area contributed by atoms with E-state index in [2.05, 4.69) is 15.2 Å². The highest BCUT2D eigenvalue weighted by Crippen LogP contribution is 2.25. The summed E-state index contributed by atoms with van der Waals surface area (Å²) in [5.74, 6) is 1.46. The van der Waals surface area contributed by atoms with Gasteiger partial charge in [0.15, 0.2) is 0 Å². The Morgan fingerprint density at radius 1 is 1.16 bits per heavy atom. The topological polar surface area (TPSA) is 87.2 Å². The molecule has 0 bridgehead atoms. The number of hydrogen-bond acceptors (Lipinski definition) is 7. The average Bonchev–Trinajstić information content (AvgIpc) is 3.18. The van der Waals surface area contributed by atoms with Crippen molar-refractivity contribution in [3.05, 3.63) is 47.5 Å². The van der Waals surface area contributed by atoms with Crippen molar-refractivity contribution >= 4 is 33.3 Å². The third-order valence-electron chi connectivity index (χ3n) is 5.38. The Balaban J connectivity index is 1.19. The predicted molar refractivity (Wildman–Crippen MR) is 126 cm³/mol. The van der Waals surface area contributed by atoms with Gasteiger partial charge >= 0.3 is 6.03 Å². The number of β-amino-alcohol motifs (C(OH)–C–C–N with tert-alkyl or cyclic N) is 1. The van der Waals surface area contributed by atoms with Gasteiger partial charge in [-0.15, -0.1) is 11.3 Å². The number of urea groups is 1. The molecular formula is C23H28N4O4S. The lowest BCUT2D eigenvalue weighted by atomic mass is 10.2. The van der Waals surface area contributed by atoms with Crippen LogP contribution in [-0.4, -0.2) is 78.5 Å². The van der Waals surface area contributed by atoms with Gasteiger partial charge in [0, 0.05) is 44.5 Å². The molecule has 0 saturated carbocycles. The average molecular weight is 457 g/mol. The number of fused-ring (bicyclic) bond motifs is 1. The van der Waals surface area contributed by atoms with Gasteiger partial charge < -0.3 is 24.8 Å². The first-order valence-corrected chi connectivity index (χ1v) is 11.4. The van der Waals surface area contributed by atoms with E-state index >= 15 is 0 Å². The molecule has 1 fully saturated rings. The van der Waals surface area contributed by atoms with Crippen LogP contribution in [-0.2, 0) is 0 Å². The molecule has 0 spiro atoms. The quantitative estimate of drug-likeness (QED) is 0.568. The number of aromatic nitrogens is 1. The van der Waals surface area contributed by atoms with Crippen LogP contribution in [0.15, 0.2) is 42.5 Å². The Morgan fingerprint density at radius 2 is 1.88 bits per heavy atom. The molecule has 4 rings (SSSR count). The van der Waals surface area contributed by atoms with Crippen LogP contribution >= 0.6 is 11.3 Å². The molecule has 8 nitrogen and oxygen atoms in total. The van der Waals surface area contributed by atoms with Gasteiger partial charge in [0.2, 0.25) is 0 Å². The molecule has 1 aromatic heterocycles. The van der Waals surface area contributed by atoms with Gasteiger partial charge in [-0.05, 0) is 43.3 Å². The summed E-state index contributed by atoms with van der Waals surface area (Å²) in [6.07, 6.45) is -0.609. The largest absolute Gasteiger partial charge is 0.497 e. The maximum absolute atomic E-state index is 12.5. The van der Waals surface area contributed by atoms with Crippen LogP contribution in [0.4, 0.5) is 10.5 Å². The maximum Gasteiger partial charge on any atom is 0.321 e. The number of piperazine rings is 1. The lowest BCUT2D eigenvalue weighted by Gasteiger charge is -2.35. The number of ether oxygens (including phenoxy) is 2. The molecule has 0 unspecified atom stereocenters. The van der Waals surface area contributed by atoms with Gasteiger partial charge in [-0.25, -0.2) is 9.78 Å². The highest BCUT2D eigenvalue weighted by molar-refractivity contribution is 7.18. The van der Waals surface area contributed by atoms with E-state index < -0.39 is 6.10 Å². The van der Waals surface area contributed by atoms with Crippen LogP contribution in [0, 0.1) is 6.92 Å². The van der Waals surface area contributed by atoms with Crippen molar-refractivity contribution in [2.24, 2.45) is 0 Å².